The van der Waals surface area contributed by atoms with Gasteiger partial charge in [-0.05, 0) is 37.8 Å². The Morgan fingerprint density at radius 3 is 3.00 bits per heavy atom. The van der Waals surface area contributed by atoms with Gasteiger partial charge in [0.15, 0.2) is 0 Å². The number of fused-ring (bicyclic) bond motifs is 1. The Balaban J connectivity index is 1.32. The van der Waals surface area contributed by atoms with E-state index in [4.69, 9.17) is 14.2 Å². The minimum Gasteiger partial charge on any atom is -0.381 e. The first-order valence-electron chi connectivity index (χ1n) is 9.62. The fourth-order valence-corrected chi connectivity index (χ4v) is 4.53. The van der Waals surface area contributed by atoms with E-state index in [1.165, 1.54) is 5.69 Å². The van der Waals surface area contributed by atoms with Crippen LogP contribution in [0, 0.1) is 24.2 Å². The van der Waals surface area contributed by atoms with E-state index < -0.39 is 0 Å². The van der Waals surface area contributed by atoms with Crippen molar-refractivity contribution in [2.24, 2.45) is 17.3 Å². The number of aryl methyl sites for hydroxylation is 1. The summed E-state index contributed by atoms with van der Waals surface area (Å²) >= 11 is 0. The lowest BCUT2D eigenvalue weighted by Gasteiger charge is -2.29. The molecule has 3 aliphatic rings. The topological polar surface area (TPSA) is 43.8 Å². The molecule has 5 heteroatoms. The minimum atomic E-state index is 0.176. The maximum Gasteiger partial charge on any atom is 0.0561 e. The predicted molar refractivity (Wildman–Crippen MR) is 95.4 cm³/mol. The third-order valence-corrected chi connectivity index (χ3v) is 6.01. The van der Waals surface area contributed by atoms with Crippen molar-refractivity contribution in [2.75, 3.05) is 52.7 Å². The van der Waals surface area contributed by atoms with Crippen LogP contribution < -0.4 is 0 Å². The summed E-state index contributed by atoms with van der Waals surface area (Å²) < 4.78 is 17.5. The second kappa shape index (κ2) is 7.70. The van der Waals surface area contributed by atoms with Crippen molar-refractivity contribution >= 4 is 0 Å². The predicted octanol–water partition coefficient (Wildman–Crippen LogP) is 2.28. The smallest absolute Gasteiger partial charge is 0.0561 e. The van der Waals surface area contributed by atoms with Gasteiger partial charge in [-0.3, -0.25) is 9.88 Å². The quantitative estimate of drug-likeness (QED) is 0.791. The molecule has 138 valence electrons. The zero-order valence-electron chi connectivity index (χ0n) is 15.3. The van der Waals surface area contributed by atoms with Gasteiger partial charge < -0.3 is 14.2 Å². The first kappa shape index (κ1) is 17.4. The fourth-order valence-electron chi connectivity index (χ4n) is 4.53. The van der Waals surface area contributed by atoms with Crippen LogP contribution in [-0.4, -0.2) is 62.6 Å². The Bertz CT molecular complexity index is 576. The maximum atomic E-state index is 6.20. The summed E-state index contributed by atoms with van der Waals surface area (Å²) in [5, 5.41) is 0. The Kier molecular flexibility index (Phi) is 5.36. The lowest BCUT2D eigenvalue weighted by atomic mass is 9.82. The molecule has 0 unspecified atom stereocenters. The highest BCUT2D eigenvalue weighted by Crippen LogP contribution is 2.42. The Morgan fingerprint density at radius 2 is 2.16 bits per heavy atom. The second-order valence-electron chi connectivity index (χ2n) is 8.09. The summed E-state index contributed by atoms with van der Waals surface area (Å²) in [5.74, 6) is 1.26. The van der Waals surface area contributed by atoms with Crippen LogP contribution in [0.2, 0.25) is 0 Å². The van der Waals surface area contributed by atoms with Crippen LogP contribution in [0.5, 0.6) is 0 Å². The van der Waals surface area contributed by atoms with Crippen molar-refractivity contribution in [3.8, 4) is 0 Å². The number of ether oxygens (including phenoxy) is 3. The van der Waals surface area contributed by atoms with Crippen LogP contribution in [0.4, 0.5) is 0 Å². The van der Waals surface area contributed by atoms with E-state index in [1.807, 2.05) is 0 Å². The lowest BCUT2D eigenvalue weighted by Crippen LogP contribution is -2.36. The number of rotatable bonds is 6. The van der Waals surface area contributed by atoms with Crippen molar-refractivity contribution in [2.45, 2.75) is 26.3 Å². The molecule has 1 aromatic heterocycles. The lowest BCUT2D eigenvalue weighted by molar-refractivity contribution is -0.0157. The highest BCUT2D eigenvalue weighted by Gasteiger charge is 2.50. The van der Waals surface area contributed by atoms with E-state index in [9.17, 15) is 0 Å². The van der Waals surface area contributed by atoms with Gasteiger partial charge in [-0.2, -0.15) is 0 Å². The molecule has 3 fully saturated rings. The van der Waals surface area contributed by atoms with Crippen molar-refractivity contribution in [3.63, 3.8) is 0 Å². The number of hydrogen-bond acceptors (Lipinski definition) is 5. The monoisotopic (exact) mass is 346 g/mol. The van der Waals surface area contributed by atoms with Gasteiger partial charge in [0.05, 0.1) is 25.5 Å². The van der Waals surface area contributed by atoms with Gasteiger partial charge in [-0.1, -0.05) is 6.07 Å². The molecule has 2 atom stereocenters. The Morgan fingerprint density at radius 1 is 1.28 bits per heavy atom. The molecule has 0 bridgehead atoms. The van der Waals surface area contributed by atoms with Crippen LogP contribution in [-0.2, 0) is 20.8 Å². The minimum absolute atomic E-state index is 0.176. The molecule has 3 saturated heterocycles. The van der Waals surface area contributed by atoms with E-state index in [-0.39, 0.29) is 5.41 Å². The van der Waals surface area contributed by atoms with Crippen LogP contribution in [0.3, 0.4) is 0 Å². The zero-order valence-corrected chi connectivity index (χ0v) is 15.3. The van der Waals surface area contributed by atoms with Crippen molar-refractivity contribution in [1.82, 2.24) is 9.88 Å². The molecule has 0 aromatic carbocycles. The molecule has 4 heterocycles. The average molecular weight is 346 g/mol. The highest BCUT2D eigenvalue weighted by molar-refractivity contribution is 5.11. The fraction of sp³-hybridized carbons (Fsp3) is 0.750. The number of likely N-dealkylation sites (tertiary alicyclic amines) is 1. The average Bonchev–Trinajstić information content (AvgIpc) is 3.12. The highest BCUT2D eigenvalue weighted by atomic mass is 16.5. The SMILES string of the molecule is Cc1cccc(CN2C[C@@H]3COC[C@]3(COCC3CCOCC3)C2)n1. The zero-order chi connectivity index (χ0) is 17.1. The standard InChI is InChI=1S/C20H30N2O3/c1-16-3-2-4-19(21-16)10-22-9-18-12-25-15-20(18,13-22)14-24-11-17-5-7-23-8-6-17/h2-4,17-18H,5-15H2,1H3/t18-,20-/m1/s1. The first-order chi connectivity index (χ1) is 12.2. The third kappa shape index (κ3) is 4.05. The number of nitrogens with zero attached hydrogens (tertiary/aromatic N) is 2. The van der Waals surface area contributed by atoms with Gasteiger partial charge >= 0.3 is 0 Å². The van der Waals surface area contributed by atoms with E-state index in [0.717, 1.165) is 77.8 Å². The number of pyridine rings is 1. The van der Waals surface area contributed by atoms with Crippen molar-refractivity contribution < 1.29 is 14.2 Å². The van der Waals surface area contributed by atoms with Crippen LogP contribution in [0.1, 0.15) is 24.2 Å². The van der Waals surface area contributed by atoms with Gasteiger partial charge in [0.1, 0.15) is 0 Å². The summed E-state index contributed by atoms with van der Waals surface area (Å²) in [6.07, 6.45) is 2.27. The molecule has 3 aliphatic heterocycles. The normalized spacial score (nSPS) is 30.7. The van der Waals surface area contributed by atoms with Gasteiger partial charge in [0.25, 0.3) is 0 Å². The molecule has 4 rings (SSSR count). The van der Waals surface area contributed by atoms with Gasteiger partial charge in [0.2, 0.25) is 0 Å². The van der Waals surface area contributed by atoms with E-state index in [0.29, 0.717) is 11.8 Å². The Hall–Kier alpha value is -1.01. The van der Waals surface area contributed by atoms with Gasteiger partial charge in [-0.15, -0.1) is 0 Å². The molecule has 1 aromatic rings. The van der Waals surface area contributed by atoms with Crippen LogP contribution in [0.25, 0.3) is 0 Å². The molecule has 0 N–H and O–H groups in total. The van der Waals surface area contributed by atoms with Crippen molar-refractivity contribution in [3.05, 3.63) is 29.6 Å². The molecule has 0 radical (unpaired) electrons. The molecule has 5 nitrogen and oxygen atoms in total. The summed E-state index contributed by atoms with van der Waals surface area (Å²) in [4.78, 5) is 7.20. The molecule has 0 spiro atoms. The number of hydrogen-bond donors (Lipinski definition) is 0. The summed E-state index contributed by atoms with van der Waals surface area (Å²) in [7, 11) is 0. The molecule has 0 aliphatic carbocycles. The van der Waals surface area contributed by atoms with E-state index in [2.05, 4.69) is 35.0 Å². The summed E-state index contributed by atoms with van der Waals surface area (Å²) in [6, 6.07) is 6.29. The van der Waals surface area contributed by atoms with Crippen LogP contribution in [0.15, 0.2) is 18.2 Å². The van der Waals surface area contributed by atoms with Gasteiger partial charge in [0, 0.05) is 56.5 Å². The molecular weight excluding hydrogens is 316 g/mol. The molecule has 0 amide bonds. The van der Waals surface area contributed by atoms with E-state index >= 15 is 0 Å². The second-order valence-corrected chi connectivity index (χ2v) is 8.09. The molecule has 25 heavy (non-hydrogen) atoms. The Labute approximate surface area is 150 Å². The first-order valence-corrected chi connectivity index (χ1v) is 9.62. The van der Waals surface area contributed by atoms with Crippen molar-refractivity contribution in [1.29, 1.82) is 0 Å². The number of aromatic nitrogens is 1. The maximum absolute atomic E-state index is 6.20. The summed E-state index contributed by atoms with van der Waals surface area (Å²) in [5.41, 5.74) is 2.43. The van der Waals surface area contributed by atoms with Crippen LogP contribution >= 0.6 is 0 Å². The molecule has 0 saturated carbocycles. The largest absolute Gasteiger partial charge is 0.381 e. The summed E-state index contributed by atoms with van der Waals surface area (Å²) in [6.45, 7) is 10.3. The van der Waals surface area contributed by atoms with Gasteiger partial charge in [-0.25, -0.2) is 0 Å². The third-order valence-electron chi connectivity index (χ3n) is 6.01. The molecular formula is C20H30N2O3. The van der Waals surface area contributed by atoms with E-state index in [1.54, 1.807) is 0 Å².